The van der Waals surface area contributed by atoms with E-state index in [9.17, 15) is 15.0 Å². The molecular formula is C13H10N4O3. The van der Waals surface area contributed by atoms with Crippen LogP contribution in [-0.4, -0.2) is 35.9 Å². The number of carbonyl (C=O) groups is 1. The van der Waals surface area contributed by atoms with E-state index in [1.54, 1.807) is 0 Å². The molecule has 0 bridgehead atoms. The van der Waals surface area contributed by atoms with E-state index in [0.717, 1.165) is 0 Å². The lowest BCUT2D eigenvalue weighted by Crippen LogP contribution is -2.06. The Kier molecular flexibility index (Phi) is 2.79. The van der Waals surface area contributed by atoms with Gasteiger partial charge in [0.25, 0.3) is 0 Å². The Morgan fingerprint density at radius 2 is 2.00 bits per heavy atom. The minimum atomic E-state index is -0.328. The van der Waals surface area contributed by atoms with Crippen molar-refractivity contribution in [3.63, 3.8) is 0 Å². The van der Waals surface area contributed by atoms with E-state index in [1.165, 1.54) is 30.9 Å². The fourth-order valence-corrected chi connectivity index (χ4v) is 1.90. The second-order valence-electron chi connectivity index (χ2n) is 4.22. The van der Waals surface area contributed by atoms with Gasteiger partial charge in [0.1, 0.15) is 11.8 Å². The number of ketones is 1. The van der Waals surface area contributed by atoms with Crippen molar-refractivity contribution in [1.29, 1.82) is 0 Å². The van der Waals surface area contributed by atoms with Gasteiger partial charge in [-0.3, -0.25) is 4.79 Å². The van der Waals surface area contributed by atoms with Gasteiger partial charge in [0.15, 0.2) is 22.9 Å². The van der Waals surface area contributed by atoms with Gasteiger partial charge in [-0.1, -0.05) is 0 Å². The number of H-pyrrole nitrogens is 1. The van der Waals surface area contributed by atoms with Crippen molar-refractivity contribution in [3.8, 4) is 11.5 Å². The Morgan fingerprint density at radius 1 is 1.15 bits per heavy atom. The first-order chi connectivity index (χ1) is 9.65. The molecule has 7 heteroatoms. The Morgan fingerprint density at radius 3 is 2.80 bits per heavy atom. The van der Waals surface area contributed by atoms with E-state index < -0.39 is 0 Å². The summed E-state index contributed by atoms with van der Waals surface area (Å²) in [4.78, 5) is 27.1. The highest BCUT2D eigenvalue weighted by Crippen LogP contribution is 2.25. The van der Waals surface area contributed by atoms with E-state index in [0.29, 0.717) is 22.4 Å². The average molecular weight is 270 g/mol. The van der Waals surface area contributed by atoms with Crippen molar-refractivity contribution in [2.24, 2.45) is 0 Å². The molecule has 100 valence electrons. The zero-order valence-corrected chi connectivity index (χ0v) is 10.2. The van der Waals surface area contributed by atoms with Crippen molar-refractivity contribution in [1.82, 2.24) is 19.9 Å². The number of hydrogen-bond acceptors (Lipinski definition) is 6. The molecule has 0 spiro atoms. The quantitative estimate of drug-likeness (QED) is 0.487. The summed E-state index contributed by atoms with van der Waals surface area (Å²) in [6.07, 6.45) is 2.88. The number of Topliss-reactive ketones (excluding diaryl/α,β-unsaturated/α-hetero) is 1. The Hall–Kier alpha value is -2.96. The molecule has 2 aromatic heterocycles. The van der Waals surface area contributed by atoms with Crippen molar-refractivity contribution in [2.45, 2.75) is 6.42 Å². The molecule has 0 fully saturated rings. The van der Waals surface area contributed by atoms with Crippen LogP contribution in [0.1, 0.15) is 16.1 Å². The molecule has 0 saturated carbocycles. The van der Waals surface area contributed by atoms with Gasteiger partial charge in [0, 0.05) is 5.56 Å². The third kappa shape index (κ3) is 2.05. The number of benzene rings is 1. The number of phenolic OH excluding ortho intramolecular Hbond substituents is 2. The normalized spacial score (nSPS) is 10.8. The fourth-order valence-electron chi connectivity index (χ4n) is 1.90. The summed E-state index contributed by atoms with van der Waals surface area (Å²) in [5.41, 5.74) is 1.94. The minimum Gasteiger partial charge on any atom is -0.504 e. The highest BCUT2D eigenvalue weighted by molar-refractivity contribution is 5.99. The number of phenols is 2. The summed E-state index contributed by atoms with van der Waals surface area (Å²) in [7, 11) is 0. The number of imidazole rings is 1. The second kappa shape index (κ2) is 4.61. The highest BCUT2D eigenvalue weighted by atomic mass is 16.3. The molecule has 0 aliphatic rings. The van der Waals surface area contributed by atoms with Gasteiger partial charge >= 0.3 is 0 Å². The average Bonchev–Trinajstić information content (AvgIpc) is 2.91. The third-order valence-electron chi connectivity index (χ3n) is 2.93. The molecule has 3 rings (SSSR count). The van der Waals surface area contributed by atoms with Gasteiger partial charge in [0.05, 0.1) is 18.4 Å². The summed E-state index contributed by atoms with van der Waals surface area (Å²) >= 11 is 0. The maximum atomic E-state index is 12.2. The van der Waals surface area contributed by atoms with Gasteiger partial charge in [-0.25, -0.2) is 15.0 Å². The van der Waals surface area contributed by atoms with Crippen LogP contribution in [0.2, 0.25) is 0 Å². The molecule has 0 atom stereocenters. The van der Waals surface area contributed by atoms with E-state index >= 15 is 0 Å². The van der Waals surface area contributed by atoms with Crippen LogP contribution in [0.3, 0.4) is 0 Å². The monoisotopic (exact) mass is 270 g/mol. The van der Waals surface area contributed by atoms with Gasteiger partial charge in [-0.05, 0) is 18.2 Å². The molecule has 7 nitrogen and oxygen atoms in total. The molecule has 3 aromatic rings. The van der Waals surface area contributed by atoms with Crippen molar-refractivity contribution in [2.75, 3.05) is 0 Å². The molecule has 3 N–H and O–H groups in total. The maximum Gasteiger partial charge on any atom is 0.180 e. The summed E-state index contributed by atoms with van der Waals surface area (Å²) < 4.78 is 0. The van der Waals surface area contributed by atoms with Crippen LogP contribution in [0.25, 0.3) is 11.2 Å². The topological polar surface area (TPSA) is 112 Å². The predicted octanol–water partition coefficient (Wildman–Crippen LogP) is 1.19. The van der Waals surface area contributed by atoms with E-state index in [2.05, 4.69) is 19.9 Å². The van der Waals surface area contributed by atoms with Gasteiger partial charge < -0.3 is 15.2 Å². The Bertz CT molecular complexity index is 797. The molecule has 0 aliphatic carbocycles. The predicted molar refractivity (Wildman–Crippen MR) is 69.5 cm³/mol. The first-order valence-electron chi connectivity index (χ1n) is 5.83. The lowest BCUT2D eigenvalue weighted by molar-refractivity contribution is 0.0992. The number of carbonyl (C=O) groups excluding carboxylic acids is 1. The van der Waals surface area contributed by atoms with Gasteiger partial charge in [-0.2, -0.15) is 0 Å². The Labute approximate surface area is 113 Å². The standard InChI is InChI=1S/C13H10N4O3/c18-9-2-1-7(3-11(9)20)10(19)4-8-12-13(16-5-14-8)17-6-15-12/h1-3,5-6,18,20H,4H2,(H,14,15,16,17). The van der Waals surface area contributed by atoms with Crippen LogP contribution in [-0.2, 0) is 6.42 Å². The summed E-state index contributed by atoms with van der Waals surface area (Å²) in [6.45, 7) is 0. The van der Waals surface area contributed by atoms with Gasteiger partial charge in [-0.15, -0.1) is 0 Å². The van der Waals surface area contributed by atoms with Crippen LogP contribution in [0.4, 0.5) is 0 Å². The molecule has 0 radical (unpaired) electrons. The molecule has 2 heterocycles. The molecule has 0 saturated heterocycles. The van der Waals surface area contributed by atoms with Crippen molar-refractivity contribution >= 4 is 16.9 Å². The molecule has 0 amide bonds. The zero-order valence-electron chi connectivity index (χ0n) is 10.2. The smallest absolute Gasteiger partial charge is 0.180 e. The lowest BCUT2D eigenvalue weighted by atomic mass is 10.1. The Balaban J connectivity index is 1.92. The maximum absolute atomic E-state index is 12.2. The molecule has 0 unspecified atom stereocenters. The van der Waals surface area contributed by atoms with Crippen LogP contribution in [0, 0.1) is 0 Å². The van der Waals surface area contributed by atoms with Crippen molar-refractivity contribution < 1.29 is 15.0 Å². The van der Waals surface area contributed by atoms with Crippen LogP contribution >= 0.6 is 0 Å². The number of fused-ring (bicyclic) bond motifs is 1. The number of aromatic amines is 1. The molecular weight excluding hydrogens is 260 g/mol. The fraction of sp³-hybridized carbons (Fsp3) is 0.0769. The number of rotatable bonds is 3. The highest BCUT2D eigenvalue weighted by Gasteiger charge is 2.14. The lowest BCUT2D eigenvalue weighted by Gasteiger charge is -2.03. The van der Waals surface area contributed by atoms with E-state index in [1.807, 2.05) is 0 Å². The first-order valence-corrected chi connectivity index (χ1v) is 5.83. The molecule has 1 aromatic carbocycles. The third-order valence-corrected chi connectivity index (χ3v) is 2.93. The van der Waals surface area contributed by atoms with Crippen LogP contribution in [0.5, 0.6) is 11.5 Å². The number of hydrogen-bond donors (Lipinski definition) is 3. The number of nitrogens with one attached hydrogen (secondary N) is 1. The summed E-state index contributed by atoms with van der Waals surface area (Å²) in [6, 6.07) is 3.94. The number of aromatic hydroxyl groups is 2. The minimum absolute atomic E-state index is 0.0471. The van der Waals surface area contributed by atoms with E-state index in [4.69, 9.17) is 0 Å². The number of aromatic nitrogens is 4. The second-order valence-corrected chi connectivity index (χ2v) is 4.22. The SMILES string of the molecule is O=C(Cc1ncnc2nc[nH]c12)c1ccc(O)c(O)c1. The first kappa shape index (κ1) is 12.1. The van der Waals surface area contributed by atoms with Crippen LogP contribution < -0.4 is 0 Å². The van der Waals surface area contributed by atoms with Crippen molar-refractivity contribution in [3.05, 3.63) is 42.1 Å². The zero-order chi connectivity index (χ0) is 14.1. The number of nitrogens with zero attached hydrogens (tertiary/aromatic N) is 3. The van der Waals surface area contributed by atoms with Gasteiger partial charge in [0.2, 0.25) is 0 Å². The van der Waals surface area contributed by atoms with Crippen LogP contribution in [0.15, 0.2) is 30.9 Å². The molecule has 0 aliphatic heterocycles. The molecule has 20 heavy (non-hydrogen) atoms. The summed E-state index contributed by atoms with van der Waals surface area (Å²) in [5, 5.41) is 18.6. The summed E-state index contributed by atoms with van der Waals surface area (Å²) in [5.74, 6) is -0.820. The van der Waals surface area contributed by atoms with E-state index in [-0.39, 0.29) is 23.7 Å². The largest absolute Gasteiger partial charge is 0.504 e.